The zero-order chi connectivity index (χ0) is 18.6. The van der Waals surface area contributed by atoms with Crippen LogP contribution in [-0.4, -0.2) is 50.1 Å². The Hall–Kier alpha value is -2.79. The van der Waals surface area contributed by atoms with E-state index in [4.69, 9.17) is 4.42 Å². The van der Waals surface area contributed by atoms with Crippen molar-refractivity contribution in [2.24, 2.45) is 0 Å². The van der Waals surface area contributed by atoms with Gasteiger partial charge in [0.15, 0.2) is 5.76 Å². The van der Waals surface area contributed by atoms with Crippen molar-refractivity contribution in [2.45, 2.75) is 6.92 Å². The van der Waals surface area contributed by atoms with Gasteiger partial charge in [0.25, 0.3) is 5.91 Å². The van der Waals surface area contributed by atoms with Gasteiger partial charge in [0.05, 0.1) is 0 Å². The van der Waals surface area contributed by atoms with Gasteiger partial charge in [0, 0.05) is 50.3 Å². The zero-order valence-electron chi connectivity index (χ0n) is 15.6. The van der Waals surface area contributed by atoms with Gasteiger partial charge in [-0.25, -0.2) is 0 Å². The van der Waals surface area contributed by atoms with E-state index in [9.17, 15) is 4.79 Å². The molecule has 5 nitrogen and oxygen atoms in total. The Kier molecular flexibility index (Phi) is 5.12. The number of hydrogen-bond donors (Lipinski definition) is 1. The van der Waals surface area contributed by atoms with Crippen LogP contribution in [0.3, 0.4) is 0 Å². The van der Waals surface area contributed by atoms with Crippen molar-refractivity contribution in [1.82, 2.24) is 10.2 Å². The molecule has 1 aliphatic heterocycles. The van der Waals surface area contributed by atoms with Crippen LogP contribution in [0.25, 0.3) is 11.0 Å². The molecule has 2 aromatic carbocycles. The molecule has 0 atom stereocenters. The highest BCUT2D eigenvalue weighted by molar-refractivity contribution is 5.96. The molecule has 1 amide bonds. The minimum atomic E-state index is -0.149. The molecular formula is C22H25N3O2. The third-order valence-electron chi connectivity index (χ3n) is 5.13. The fourth-order valence-corrected chi connectivity index (χ4v) is 3.49. The predicted octanol–water partition coefficient (Wildman–Crippen LogP) is 3.29. The molecule has 27 heavy (non-hydrogen) atoms. The average molecular weight is 363 g/mol. The summed E-state index contributed by atoms with van der Waals surface area (Å²) in [6.45, 7) is 7.64. The van der Waals surface area contributed by atoms with Gasteiger partial charge in [-0.1, -0.05) is 35.9 Å². The topological polar surface area (TPSA) is 48.7 Å². The molecule has 0 spiro atoms. The van der Waals surface area contributed by atoms with E-state index >= 15 is 0 Å². The van der Waals surface area contributed by atoms with Crippen molar-refractivity contribution in [3.8, 4) is 0 Å². The third-order valence-corrected chi connectivity index (χ3v) is 5.13. The van der Waals surface area contributed by atoms with Crippen LogP contribution in [0.4, 0.5) is 5.69 Å². The van der Waals surface area contributed by atoms with E-state index in [2.05, 4.69) is 46.3 Å². The number of furan rings is 1. The first kappa shape index (κ1) is 17.6. The zero-order valence-corrected chi connectivity index (χ0v) is 15.6. The molecule has 0 saturated carbocycles. The van der Waals surface area contributed by atoms with E-state index in [1.54, 1.807) is 6.07 Å². The van der Waals surface area contributed by atoms with E-state index in [-0.39, 0.29) is 5.91 Å². The summed E-state index contributed by atoms with van der Waals surface area (Å²) >= 11 is 0. The number of carbonyl (C=O) groups is 1. The molecule has 4 rings (SSSR count). The number of benzene rings is 2. The van der Waals surface area contributed by atoms with Crippen LogP contribution in [0.15, 0.2) is 59.0 Å². The molecule has 0 radical (unpaired) electrons. The van der Waals surface area contributed by atoms with Crippen LogP contribution < -0.4 is 10.2 Å². The van der Waals surface area contributed by atoms with Crippen LogP contribution >= 0.6 is 0 Å². The monoisotopic (exact) mass is 363 g/mol. The highest BCUT2D eigenvalue weighted by Gasteiger charge is 2.17. The Labute approximate surface area is 159 Å². The van der Waals surface area contributed by atoms with Gasteiger partial charge in [0.1, 0.15) is 5.58 Å². The molecule has 3 aromatic rings. The fourth-order valence-electron chi connectivity index (χ4n) is 3.49. The molecule has 1 fully saturated rings. The van der Waals surface area contributed by atoms with E-state index in [0.717, 1.165) is 43.7 Å². The second-order valence-corrected chi connectivity index (χ2v) is 7.07. The standard InChI is InChI=1S/C22H25N3O2/c1-17-6-8-19(9-7-17)25-14-12-24(13-15-25)11-10-23-22(26)21-16-18-4-2-3-5-20(18)27-21/h2-9,16H,10-15H2,1H3,(H,23,26). The molecule has 0 bridgehead atoms. The van der Waals surface area contributed by atoms with Gasteiger partial charge in [0.2, 0.25) is 0 Å². The number of aryl methyl sites for hydroxylation is 1. The Bertz CT molecular complexity index is 876. The van der Waals surface area contributed by atoms with Crippen LogP contribution in [-0.2, 0) is 0 Å². The number of fused-ring (bicyclic) bond motifs is 1. The number of nitrogens with one attached hydrogen (secondary N) is 1. The summed E-state index contributed by atoms with van der Waals surface area (Å²) in [5.74, 6) is 0.227. The minimum Gasteiger partial charge on any atom is -0.451 e. The van der Waals surface area contributed by atoms with Gasteiger partial charge in [-0.2, -0.15) is 0 Å². The van der Waals surface area contributed by atoms with Crippen LogP contribution in [0.2, 0.25) is 0 Å². The van der Waals surface area contributed by atoms with E-state index in [1.807, 2.05) is 24.3 Å². The predicted molar refractivity (Wildman–Crippen MR) is 108 cm³/mol. The van der Waals surface area contributed by atoms with Crippen molar-refractivity contribution in [1.29, 1.82) is 0 Å². The number of carbonyl (C=O) groups excluding carboxylic acids is 1. The number of hydrogen-bond acceptors (Lipinski definition) is 4. The first-order valence-corrected chi connectivity index (χ1v) is 9.50. The molecule has 1 N–H and O–H groups in total. The number of piperazine rings is 1. The quantitative estimate of drug-likeness (QED) is 0.756. The number of rotatable bonds is 5. The van der Waals surface area contributed by atoms with Crippen molar-refractivity contribution >= 4 is 22.6 Å². The minimum absolute atomic E-state index is 0.149. The molecule has 5 heteroatoms. The molecule has 1 saturated heterocycles. The Morgan fingerprint density at radius 2 is 1.78 bits per heavy atom. The molecule has 1 aromatic heterocycles. The SMILES string of the molecule is Cc1ccc(N2CCN(CCNC(=O)c3cc4ccccc4o3)CC2)cc1. The number of amides is 1. The molecule has 0 unspecified atom stereocenters. The number of para-hydroxylation sites is 1. The maximum Gasteiger partial charge on any atom is 0.287 e. The summed E-state index contributed by atoms with van der Waals surface area (Å²) in [4.78, 5) is 17.1. The third kappa shape index (κ3) is 4.14. The van der Waals surface area contributed by atoms with Crippen molar-refractivity contribution < 1.29 is 9.21 Å². The van der Waals surface area contributed by atoms with Gasteiger partial charge >= 0.3 is 0 Å². The maximum atomic E-state index is 12.3. The highest BCUT2D eigenvalue weighted by atomic mass is 16.3. The van der Waals surface area contributed by atoms with Crippen molar-refractivity contribution in [3.63, 3.8) is 0 Å². The Balaban J connectivity index is 1.23. The first-order valence-electron chi connectivity index (χ1n) is 9.50. The molecule has 0 aliphatic carbocycles. The largest absolute Gasteiger partial charge is 0.451 e. The summed E-state index contributed by atoms with van der Waals surface area (Å²) in [5, 5.41) is 3.92. The lowest BCUT2D eigenvalue weighted by atomic mass is 10.2. The van der Waals surface area contributed by atoms with Crippen molar-refractivity contribution in [2.75, 3.05) is 44.2 Å². The number of nitrogens with zero attached hydrogens (tertiary/aromatic N) is 2. The molecular weight excluding hydrogens is 338 g/mol. The van der Waals surface area contributed by atoms with Gasteiger partial charge < -0.3 is 14.6 Å². The van der Waals surface area contributed by atoms with E-state index < -0.39 is 0 Å². The molecule has 140 valence electrons. The molecule has 2 heterocycles. The lowest BCUT2D eigenvalue weighted by Gasteiger charge is -2.36. The van der Waals surface area contributed by atoms with Gasteiger partial charge in [-0.15, -0.1) is 0 Å². The van der Waals surface area contributed by atoms with Crippen LogP contribution in [0.5, 0.6) is 0 Å². The summed E-state index contributed by atoms with van der Waals surface area (Å²) in [6, 6.07) is 18.2. The number of anilines is 1. The van der Waals surface area contributed by atoms with Gasteiger partial charge in [-0.3, -0.25) is 9.69 Å². The van der Waals surface area contributed by atoms with Crippen LogP contribution in [0.1, 0.15) is 16.1 Å². The van der Waals surface area contributed by atoms with E-state index in [1.165, 1.54) is 11.3 Å². The highest BCUT2D eigenvalue weighted by Crippen LogP contribution is 2.19. The van der Waals surface area contributed by atoms with Crippen LogP contribution in [0, 0.1) is 6.92 Å². The van der Waals surface area contributed by atoms with Gasteiger partial charge in [-0.05, 0) is 31.2 Å². The molecule has 1 aliphatic rings. The second kappa shape index (κ2) is 7.84. The first-order chi connectivity index (χ1) is 13.2. The lowest BCUT2D eigenvalue weighted by Crippen LogP contribution is -2.48. The maximum absolute atomic E-state index is 12.3. The average Bonchev–Trinajstić information content (AvgIpc) is 3.14. The summed E-state index contributed by atoms with van der Waals surface area (Å²) in [6.07, 6.45) is 0. The Morgan fingerprint density at radius 3 is 2.52 bits per heavy atom. The summed E-state index contributed by atoms with van der Waals surface area (Å²) in [5.41, 5.74) is 3.32. The normalized spacial score (nSPS) is 15.2. The fraction of sp³-hybridized carbons (Fsp3) is 0.318. The second-order valence-electron chi connectivity index (χ2n) is 7.07. The summed E-state index contributed by atoms with van der Waals surface area (Å²) in [7, 11) is 0. The van der Waals surface area contributed by atoms with E-state index in [0.29, 0.717) is 12.3 Å². The Morgan fingerprint density at radius 1 is 1.04 bits per heavy atom. The lowest BCUT2D eigenvalue weighted by molar-refractivity contribution is 0.0922. The smallest absolute Gasteiger partial charge is 0.287 e. The van der Waals surface area contributed by atoms with Crippen molar-refractivity contribution in [3.05, 3.63) is 65.9 Å². The summed E-state index contributed by atoms with van der Waals surface area (Å²) < 4.78 is 5.61.